The van der Waals surface area contributed by atoms with E-state index in [1.54, 1.807) is 30.3 Å². The highest BCUT2D eigenvalue weighted by Gasteiger charge is 2.58. The highest BCUT2D eigenvalue weighted by Crippen LogP contribution is 2.37. The Balaban J connectivity index is 1.83. The lowest BCUT2D eigenvalue weighted by Crippen LogP contribution is -2.63. The first-order valence-corrected chi connectivity index (χ1v) is 9.12. The molecule has 2 aliphatic rings. The second-order valence-corrected chi connectivity index (χ2v) is 7.16. The van der Waals surface area contributed by atoms with Gasteiger partial charge in [0.05, 0.1) is 6.61 Å². The van der Waals surface area contributed by atoms with Gasteiger partial charge in [-0.1, -0.05) is 30.3 Å². The van der Waals surface area contributed by atoms with Crippen molar-refractivity contribution in [1.82, 2.24) is 0 Å². The summed E-state index contributed by atoms with van der Waals surface area (Å²) in [6.07, 6.45) is -14.6. The molecule has 2 fully saturated rings. The first-order valence-electron chi connectivity index (χ1n) is 9.12. The van der Waals surface area contributed by atoms with Crippen molar-refractivity contribution >= 4 is 0 Å². The second kappa shape index (κ2) is 8.88. The zero-order chi connectivity index (χ0) is 21.3. The monoisotopic (exact) mass is 418 g/mol. The molecule has 10 atom stereocenters. The predicted octanol–water partition coefficient (Wildman–Crippen LogP) is -3.65. The lowest BCUT2D eigenvalue weighted by molar-refractivity contribution is -0.387. The van der Waals surface area contributed by atoms with Gasteiger partial charge in [-0.3, -0.25) is 0 Å². The van der Waals surface area contributed by atoms with E-state index in [0.29, 0.717) is 5.56 Å². The van der Waals surface area contributed by atoms with Gasteiger partial charge in [-0.15, -0.1) is 0 Å². The van der Waals surface area contributed by atoms with Gasteiger partial charge in [0.1, 0.15) is 55.4 Å². The van der Waals surface area contributed by atoms with Crippen LogP contribution in [0.5, 0.6) is 0 Å². The van der Waals surface area contributed by atoms with Gasteiger partial charge in [-0.05, 0) is 5.56 Å². The van der Waals surface area contributed by atoms with Crippen molar-refractivity contribution in [3.05, 3.63) is 35.9 Å². The molecule has 2 unspecified atom stereocenters. The summed E-state index contributed by atoms with van der Waals surface area (Å²) < 4.78 is 16.1. The number of benzene rings is 1. The maximum atomic E-state index is 10.6. The average molecular weight is 418 g/mol. The normalized spacial score (nSPS) is 44.0. The molecule has 0 radical (unpaired) electrons. The topological polar surface area (TPSA) is 190 Å². The van der Waals surface area contributed by atoms with Crippen molar-refractivity contribution in [3.63, 3.8) is 0 Å². The standard InChI is InChI=1S/C18H26O11/c19-6-9-11(22)16(26)18(7-20,28-9)29-17-14(25)12(23)13(24)15(27-17)10(21)8-4-2-1-3-5-8/h1-5,9-17,19-26H,6-7H2/t9-,10?,11-,12+,13+,14-,15-,16+,17-,18?/m1/s1. The first-order chi connectivity index (χ1) is 13.8. The fraction of sp³-hybridized carbons (Fsp3) is 0.667. The number of hydrogen-bond donors (Lipinski definition) is 8. The second-order valence-electron chi connectivity index (χ2n) is 7.16. The summed E-state index contributed by atoms with van der Waals surface area (Å²) in [6, 6.07) is 8.13. The summed E-state index contributed by atoms with van der Waals surface area (Å²) in [5.74, 6) is -2.28. The zero-order valence-corrected chi connectivity index (χ0v) is 15.3. The minimum atomic E-state index is -2.28. The Kier molecular flexibility index (Phi) is 6.88. The number of rotatable bonds is 6. The van der Waals surface area contributed by atoms with E-state index in [4.69, 9.17) is 14.2 Å². The van der Waals surface area contributed by atoms with Crippen molar-refractivity contribution in [2.75, 3.05) is 13.2 Å². The molecule has 3 rings (SSSR count). The van der Waals surface area contributed by atoms with Gasteiger partial charge < -0.3 is 55.1 Å². The largest absolute Gasteiger partial charge is 0.394 e. The van der Waals surface area contributed by atoms with E-state index in [1.165, 1.54) is 0 Å². The highest BCUT2D eigenvalue weighted by molar-refractivity contribution is 5.19. The third-order valence-corrected chi connectivity index (χ3v) is 5.28. The Bertz CT molecular complexity index is 660. The van der Waals surface area contributed by atoms with Crippen LogP contribution in [0.25, 0.3) is 0 Å². The van der Waals surface area contributed by atoms with Gasteiger partial charge in [-0.25, -0.2) is 0 Å². The van der Waals surface area contributed by atoms with E-state index >= 15 is 0 Å². The van der Waals surface area contributed by atoms with E-state index in [-0.39, 0.29) is 0 Å². The third-order valence-electron chi connectivity index (χ3n) is 5.28. The zero-order valence-electron chi connectivity index (χ0n) is 15.3. The summed E-state index contributed by atoms with van der Waals surface area (Å²) >= 11 is 0. The van der Waals surface area contributed by atoms with E-state index in [1.807, 2.05) is 0 Å². The number of ether oxygens (including phenoxy) is 3. The molecular weight excluding hydrogens is 392 g/mol. The number of aliphatic hydroxyl groups is 8. The molecule has 2 heterocycles. The van der Waals surface area contributed by atoms with Gasteiger partial charge in [0, 0.05) is 0 Å². The van der Waals surface area contributed by atoms with Crippen LogP contribution in [0, 0.1) is 0 Å². The summed E-state index contributed by atoms with van der Waals surface area (Å²) in [5.41, 5.74) is 0.365. The summed E-state index contributed by atoms with van der Waals surface area (Å²) in [5, 5.41) is 80.4. The molecule has 0 saturated carbocycles. The van der Waals surface area contributed by atoms with Crippen LogP contribution in [0.15, 0.2) is 30.3 Å². The van der Waals surface area contributed by atoms with Gasteiger partial charge in [0.25, 0.3) is 0 Å². The molecule has 0 aromatic heterocycles. The van der Waals surface area contributed by atoms with Crippen molar-refractivity contribution in [2.45, 2.75) is 60.9 Å². The van der Waals surface area contributed by atoms with Crippen molar-refractivity contribution in [1.29, 1.82) is 0 Å². The van der Waals surface area contributed by atoms with E-state index in [0.717, 1.165) is 0 Å². The molecule has 1 aromatic carbocycles. The molecule has 1 aromatic rings. The Labute approximate surface area is 165 Å². The van der Waals surface area contributed by atoms with E-state index in [2.05, 4.69) is 0 Å². The van der Waals surface area contributed by atoms with Gasteiger partial charge in [-0.2, -0.15) is 0 Å². The van der Waals surface area contributed by atoms with Crippen LogP contribution in [0.3, 0.4) is 0 Å². The fourth-order valence-electron chi connectivity index (χ4n) is 3.54. The lowest BCUT2D eigenvalue weighted by atomic mass is 9.92. The van der Waals surface area contributed by atoms with Crippen molar-refractivity contribution in [3.8, 4) is 0 Å². The maximum absolute atomic E-state index is 10.6. The summed E-state index contributed by atoms with van der Waals surface area (Å²) in [6.45, 7) is -1.67. The first kappa shape index (κ1) is 22.5. The molecule has 29 heavy (non-hydrogen) atoms. The molecular formula is C18H26O11. The minimum Gasteiger partial charge on any atom is -0.394 e. The predicted molar refractivity (Wildman–Crippen MR) is 93.0 cm³/mol. The quantitative estimate of drug-likeness (QED) is 0.227. The van der Waals surface area contributed by atoms with E-state index < -0.39 is 74.1 Å². The SMILES string of the molecule is OC[C@H]1OC(CO)(O[C@H]2O[C@H](C(O)c3ccccc3)[C@@H](O)[C@H](O)[C@H]2O)[C@@H](O)[C@@H]1O. The average Bonchev–Trinajstić information content (AvgIpc) is 2.99. The summed E-state index contributed by atoms with van der Waals surface area (Å²) in [4.78, 5) is 0. The van der Waals surface area contributed by atoms with Gasteiger partial charge >= 0.3 is 0 Å². The number of hydrogen-bond acceptors (Lipinski definition) is 11. The smallest absolute Gasteiger partial charge is 0.224 e. The maximum Gasteiger partial charge on any atom is 0.224 e. The van der Waals surface area contributed by atoms with Gasteiger partial charge in [0.15, 0.2) is 6.29 Å². The molecule has 11 heteroatoms. The van der Waals surface area contributed by atoms with Gasteiger partial charge in [0.2, 0.25) is 5.79 Å². The van der Waals surface area contributed by atoms with Crippen LogP contribution in [0.1, 0.15) is 11.7 Å². The van der Waals surface area contributed by atoms with Crippen LogP contribution in [-0.4, -0.2) is 109 Å². The van der Waals surface area contributed by atoms with Crippen LogP contribution < -0.4 is 0 Å². The minimum absolute atomic E-state index is 0.365. The Hall–Kier alpha value is -1.22. The molecule has 0 bridgehead atoms. The molecule has 2 aliphatic heterocycles. The molecule has 0 amide bonds. The van der Waals surface area contributed by atoms with Crippen molar-refractivity contribution in [2.24, 2.45) is 0 Å². The van der Waals surface area contributed by atoms with Crippen molar-refractivity contribution < 1.29 is 55.1 Å². The number of aliphatic hydroxyl groups excluding tert-OH is 8. The molecule has 0 aliphatic carbocycles. The van der Waals surface area contributed by atoms with Crippen LogP contribution >= 0.6 is 0 Å². The molecule has 2 saturated heterocycles. The van der Waals surface area contributed by atoms with E-state index in [9.17, 15) is 40.9 Å². The fourth-order valence-corrected chi connectivity index (χ4v) is 3.54. The summed E-state index contributed by atoms with van der Waals surface area (Å²) in [7, 11) is 0. The molecule has 0 spiro atoms. The Morgan fingerprint density at radius 2 is 1.59 bits per heavy atom. The highest BCUT2D eigenvalue weighted by atomic mass is 16.8. The lowest BCUT2D eigenvalue weighted by Gasteiger charge is -2.44. The van der Waals surface area contributed by atoms with Crippen LogP contribution in [0.2, 0.25) is 0 Å². The molecule has 8 N–H and O–H groups in total. The Morgan fingerprint density at radius 1 is 0.931 bits per heavy atom. The van der Waals surface area contributed by atoms with Crippen LogP contribution in [-0.2, 0) is 14.2 Å². The molecule has 11 nitrogen and oxygen atoms in total. The van der Waals surface area contributed by atoms with Crippen LogP contribution in [0.4, 0.5) is 0 Å². The third kappa shape index (κ3) is 4.04. The Morgan fingerprint density at radius 3 is 2.14 bits per heavy atom. The molecule has 164 valence electrons.